The number of halogens is 2. The predicted octanol–water partition coefficient (Wildman–Crippen LogP) is 4.53. The highest BCUT2D eigenvalue weighted by Crippen LogP contribution is 2.41. The van der Waals surface area contributed by atoms with Crippen LogP contribution in [0.1, 0.15) is 25.5 Å². The van der Waals surface area contributed by atoms with Gasteiger partial charge in [-0.25, -0.2) is 18.7 Å². The molecule has 4 N–H and O–H groups in total. The minimum absolute atomic E-state index is 0.164. The molecule has 3 heterocycles. The lowest BCUT2D eigenvalue weighted by Crippen LogP contribution is -2.39. The highest BCUT2D eigenvalue weighted by molar-refractivity contribution is 7.22. The van der Waals surface area contributed by atoms with Crippen molar-refractivity contribution in [2.45, 2.75) is 32.5 Å². The van der Waals surface area contributed by atoms with Gasteiger partial charge in [0.1, 0.15) is 11.5 Å². The van der Waals surface area contributed by atoms with Gasteiger partial charge in [0.15, 0.2) is 5.82 Å². The summed E-state index contributed by atoms with van der Waals surface area (Å²) in [5.74, 6) is -0.977. The maximum Gasteiger partial charge on any atom is 0.237 e. The monoisotopic (exact) mass is 548 g/mol. The first-order valence-electron chi connectivity index (χ1n) is 12.3. The molecule has 1 amide bonds. The molecule has 0 spiro atoms. The number of fused-ring (bicyclic) bond motifs is 1. The van der Waals surface area contributed by atoms with Gasteiger partial charge in [0, 0.05) is 17.4 Å². The lowest BCUT2D eigenvalue weighted by molar-refractivity contribution is -0.122. The Balaban J connectivity index is 1.49. The number of hydrogen-bond acceptors (Lipinski definition) is 8. The number of carbonyl (C=O) groups is 1. The number of anilines is 1. The maximum absolute atomic E-state index is 14.9. The fraction of sp³-hybridized carbons (Fsp3) is 0.222. The average Bonchev–Trinajstić information content (AvgIpc) is 3.59. The second-order valence-corrected chi connectivity index (χ2v) is 10.1. The van der Waals surface area contributed by atoms with E-state index in [9.17, 15) is 13.6 Å². The first-order chi connectivity index (χ1) is 18.8. The van der Waals surface area contributed by atoms with Gasteiger partial charge in [-0.05, 0) is 54.1 Å². The number of rotatable bonds is 9. The van der Waals surface area contributed by atoms with E-state index in [1.54, 1.807) is 30.1 Å². The van der Waals surface area contributed by atoms with Crippen molar-refractivity contribution >= 4 is 33.3 Å². The van der Waals surface area contributed by atoms with E-state index < -0.39 is 23.7 Å². The van der Waals surface area contributed by atoms with E-state index in [2.05, 4.69) is 30.9 Å². The molecule has 0 saturated heterocycles. The zero-order valence-corrected chi connectivity index (χ0v) is 22.0. The molecule has 0 aliphatic rings. The van der Waals surface area contributed by atoms with Crippen molar-refractivity contribution in [1.82, 2.24) is 30.3 Å². The third-order valence-corrected chi connectivity index (χ3v) is 7.35. The minimum Gasteiger partial charge on any atom is -0.352 e. The van der Waals surface area contributed by atoms with Crippen LogP contribution in [-0.4, -0.2) is 43.5 Å². The smallest absolute Gasteiger partial charge is 0.237 e. The SMILES string of the molecule is C[C@@H](N)C(=O)N[C@H](C)c1ccc(F)cc1-c1cccc2cc(-c3nc(NCCn4ccnn4)ncc3F)sc12. The summed E-state index contributed by atoms with van der Waals surface area (Å²) in [6, 6.07) is 10.9. The van der Waals surface area contributed by atoms with Gasteiger partial charge >= 0.3 is 0 Å². The quantitative estimate of drug-likeness (QED) is 0.247. The van der Waals surface area contributed by atoms with Crippen molar-refractivity contribution in [3.63, 3.8) is 0 Å². The van der Waals surface area contributed by atoms with E-state index in [0.717, 1.165) is 27.4 Å². The molecular weight excluding hydrogens is 522 g/mol. The summed E-state index contributed by atoms with van der Waals surface area (Å²) < 4.78 is 31.9. The summed E-state index contributed by atoms with van der Waals surface area (Å²) in [4.78, 5) is 21.3. The Bertz CT molecular complexity index is 1620. The first kappa shape index (κ1) is 26.3. The van der Waals surface area contributed by atoms with Gasteiger partial charge in [0.2, 0.25) is 11.9 Å². The highest BCUT2D eigenvalue weighted by atomic mass is 32.1. The normalized spacial score (nSPS) is 12.8. The summed E-state index contributed by atoms with van der Waals surface area (Å²) in [7, 11) is 0. The number of nitrogens with one attached hydrogen (secondary N) is 2. The van der Waals surface area contributed by atoms with E-state index >= 15 is 0 Å². The van der Waals surface area contributed by atoms with Gasteiger partial charge in [-0.15, -0.1) is 16.4 Å². The average molecular weight is 549 g/mol. The molecule has 0 saturated carbocycles. The van der Waals surface area contributed by atoms with E-state index in [1.807, 2.05) is 31.2 Å². The molecule has 0 fully saturated rings. The molecule has 0 bridgehead atoms. The van der Waals surface area contributed by atoms with Crippen LogP contribution in [0.2, 0.25) is 0 Å². The molecule has 5 aromatic rings. The molecule has 200 valence electrons. The standard InChI is InChI=1S/C27H26F2N8OS/c1-15(30)26(38)34-16(2)19-7-6-18(28)13-21(19)20-5-3-4-17-12-23(39-25(17)20)24-22(29)14-32-27(35-24)31-8-10-37-11-9-33-36-37/h3-7,9,11-16H,8,10,30H2,1-2H3,(H,34,38)(H,31,32,35)/t15-,16-/m1/s1. The molecule has 12 heteroatoms. The van der Waals surface area contributed by atoms with Crippen molar-refractivity contribution in [1.29, 1.82) is 0 Å². The Morgan fingerprint density at radius 2 is 2.00 bits per heavy atom. The van der Waals surface area contributed by atoms with Crippen molar-refractivity contribution in [3.05, 3.63) is 78.3 Å². The third-order valence-electron chi connectivity index (χ3n) is 6.16. The fourth-order valence-corrected chi connectivity index (χ4v) is 5.39. The molecule has 5 rings (SSSR count). The summed E-state index contributed by atoms with van der Waals surface area (Å²) in [6.07, 6.45) is 4.47. The van der Waals surface area contributed by atoms with Crippen LogP contribution >= 0.6 is 11.3 Å². The Labute approximate surface area is 227 Å². The fourth-order valence-electron chi connectivity index (χ4n) is 4.21. The zero-order valence-electron chi connectivity index (χ0n) is 21.2. The largest absolute Gasteiger partial charge is 0.352 e. The number of thiophene rings is 1. The van der Waals surface area contributed by atoms with Crippen molar-refractivity contribution in [3.8, 4) is 21.7 Å². The number of benzene rings is 2. The van der Waals surface area contributed by atoms with Crippen LogP contribution in [-0.2, 0) is 11.3 Å². The number of amides is 1. The first-order valence-corrected chi connectivity index (χ1v) is 13.1. The van der Waals surface area contributed by atoms with Crippen LogP contribution < -0.4 is 16.4 Å². The zero-order chi connectivity index (χ0) is 27.5. The third kappa shape index (κ3) is 5.76. The van der Waals surface area contributed by atoms with Crippen molar-refractivity contribution in [2.75, 3.05) is 11.9 Å². The van der Waals surface area contributed by atoms with Crippen molar-refractivity contribution in [2.24, 2.45) is 5.73 Å². The molecule has 9 nitrogen and oxygen atoms in total. The number of nitrogens with zero attached hydrogens (tertiary/aromatic N) is 5. The summed E-state index contributed by atoms with van der Waals surface area (Å²) in [5, 5.41) is 14.5. The van der Waals surface area contributed by atoms with Crippen LogP contribution in [0.25, 0.3) is 31.8 Å². The Kier molecular flexibility index (Phi) is 7.57. The van der Waals surface area contributed by atoms with Gasteiger partial charge < -0.3 is 16.4 Å². The Morgan fingerprint density at radius 3 is 2.77 bits per heavy atom. The molecular formula is C27H26F2N8OS. The van der Waals surface area contributed by atoms with Gasteiger partial charge in [0.05, 0.1) is 35.9 Å². The number of nitrogens with two attached hydrogens (primary N) is 1. The molecule has 2 aromatic carbocycles. The van der Waals surface area contributed by atoms with E-state index in [0.29, 0.717) is 23.5 Å². The molecule has 0 aliphatic carbocycles. The number of aromatic nitrogens is 5. The second-order valence-electron chi connectivity index (χ2n) is 9.07. The van der Waals surface area contributed by atoms with Crippen LogP contribution in [0.15, 0.2) is 61.1 Å². The summed E-state index contributed by atoms with van der Waals surface area (Å²) in [6.45, 7) is 4.45. The molecule has 0 unspecified atom stereocenters. The van der Waals surface area contributed by atoms with E-state index in [-0.39, 0.29) is 17.5 Å². The van der Waals surface area contributed by atoms with Crippen LogP contribution in [0, 0.1) is 11.6 Å². The number of hydrogen-bond donors (Lipinski definition) is 3. The minimum atomic E-state index is -0.677. The van der Waals surface area contributed by atoms with E-state index in [1.165, 1.54) is 23.5 Å². The molecule has 2 atom stereocenters. The predicted molar refractivity (Wildman–Crippen MR) is 147 cm³/mol. The van der Waals surface area contributed by atoms with E-state index in [4.69, 9.17) is 5.73 Å². The second kappa shape index (κ2) is 11.2. The Morgan fingerprint density at radius 1 is 1.15 bits per heavy atom. The Hall–Kier alpha value is -4.29. The maximum atomic E-state index is 14.9. The van der Waals surface area contributed by atoms with Crippen molar-refractivity contribution < 1.29 is 13.6 Å². The van der Waals surface area contributed by atoms with Gasteiger partial charge in [-0.1, -0.05) is 29.5 Å². The van der Waals surface area contributed by atoms with Gasteiger partial charge in [-0.2, -0.15) is 0 Å². The van der Waals surface area contributed by atoms with Gasteiger partial charge in [0.25, 0.3) is 0 Å². The molecule has 39 heavy (non-hydrogen) atoms. The van der Waals surface area contributed by atoms with Crippen LogP contribution in [0.4, 0.5) is 14.7 Å². The molecule has 0 aliphatic heterocycles. The van der Waals surface area contributed by atoms with Crippen LogP contribution in [0.3, 0.4) is 0 Å². The molecule has 3 aromatic heterocycles. The topological polar surface area (TPSA) is 124 Å². The summed E-state index contributed by atoms with van der Waals surface area (Å²) >= 11 is 1.35. The lowest BCUT2D eigenvalue weighted by atomic mass is 9.94. The van der Waals surface area contributed by atoms with Crippen LogP contribution in [0.5, 0.6) is 0 Å². The van der Waals surface area contributed by atoms with Gasteiger partial charge in [-0.3, -0.25) is 9.48 Å². The number of carbonyl (C=O) groups excluding carboxylic acids is 1. The molecule has 0 radical (unpaired) electrons. The highest BCUT2D eigenvalue weighted by Gasteiger charge is 2.20. The lowest BCUT2D eigenvalue weighted by Gasteiger charge is -2.20. The summed E-state index contributed by atoms with van der Waals surface area (Å²) in [5.41, 5.74) is 8.01.